The summed E-state index contributed by atoms with van der Waals surface area (Å²) in [6.45, 7) is 3.85. The average Bonchev–Trinajstić information content (AvgIpc) is 2.47. The topological polar surface area (TPSA) is 35.2 Å². The lowest BCUT2D eigenvalue weighted by Gasteiger charge is -2.25. The number of nitrogens with two attached hydrogens (primary N) is 1. The van der Waals surface area contributed by atoms with Crippen molar-refractivity contribution in [2.24, 2.45) is 5.73 Å². The first kappa shape index (κ1) is 16.0. The second-order valence-electron chi connectivity index (χ2n) is 5.07. The summed E-state index contributed by atoms with van der Waals surface area (Å²) < 4.78 is 20.3. The summed E-state index contributed by atoms with van der Waals surface area (Å²) in [4.78, 5) is 0. The third kappa shape index (κ3) is 4.05. The molecule has 0 saturated heterocycles. The van der Waals surface area contributed by atoms with Gasteiger partial charge in [0.1, 0.15) is 17.7 Å². The lowest BCUT2D eigenvalue weighted by atomic mass is 10.0. The molecule has 0 aliphatic carbocycles. The molecule has 0 fully saturated rings. The monoisotopic (exact) mass is 351 g/mol. The van der Waals surface area contributed by atoms with Gasteiger partial charge in [-0.1, -0.05) is 35.0 Å². The maximum absolute atomic E-state index is 13.2. The number of rotatable bonds is 5. The summed E-state index contributed by atoms with van der Waals surface area (Å²) in [7, 11) is 0. The van der Waals surface area contributed by atoms with E-state index < -0.39 is 0 Å². The molecular formula is C17H19BrFNO. The van der Waals surface area contributed by atoms with E-state index in [1.807, 2.05) is 38.1 Å². The molecule has 0 aliphatic heterocycles. The van der Waals surface area contributed by atoms with Crippen molar-refractivity contribution < 1.29 is 9.13 Å². The standard InChI is InChI=1S/C17H19BrFNO/c1-3-15(20)17(12-4-6-13(18)7-5-12)21-16-9-8-14(19)10-11(16)2/h4-10,15,17H,3,20H2,1-2H3. The Kier molecular flexibility index (Phi) is 5.37. The van der Waals surface area contributed by atoms with Crippen LogP contribution in [-0.4, -0.2) is 6.04 Å². The first-order chi connectivity index (χ1) is 10.0. The van der Waals surface area contributed by atoms with Gasteiger partial charge in [-0.15, -0.1) is 0 Å². The van der Waals surface area contributed by atoms with E-state index in [0.717, 1.165) is 22.0 Å². The summed E-state index contributed by atoms with van der Waals surface area (Å²) in [5.74, 6) is 0.396. The minimum Gasteiger partial charge on any atom is -0.484 e. The van der Waals surface area contributed by atoms with Crippen LogP contribution >= 0.6 is 15.9 Å². The van der Waals surface area contributed by atoms with Crippen molar-refractivity contribution in [2.75, 3.05) is 0 Å². The van der Waals surface area contributed by atoms with Crippen molar-refractivity contribution in [2.45, 2.75) is 32.4 Å². The van der Waals surface area contributed by atoms with Gasteiger partial charge in [-0.05, 0) is 54.8 Å². The molecule has 2 N–H and O–H groups in total. The number of ether oxygens (including phenoxy) is 1. The van der Waals surface area contributed by atoms with E-state index in [9.17, 15) is 4.39 Å². The number of benzene rings is 2. The van der Waals surface area contributed by atoms with Gasteiger partial charge in [0.05, 0.1) is 0 Å². The predicted molar refractivity (Wildman–Crippen MR) is 86.9 cm³/mol. The summed E-state index contributed by atoms with van der Waals surface area (Å²) in [5, 5.41) is 0. The number of aryl methyl sites for hydroxylation is 1. The molecule has 2 unspecified atom stereocenters. The minimum atomic E-state index is -0.264. The molecule has 112 valence electrons. The van der Waals surface area contributed by atoms with Crippen LogP contribution in [0.4, 0.5) is 4.39 Å². The van der Waals surface area contributed by atoms with Gasteiger partial charge in [-0.3, -0.25) is 0 Å². The van der Waals surface area contributed by atoms with Crippen LogP contribution in [-0.2, 0) is 0 Å². The van der Waals surface area contributed by atoms with Crippen LogP contribution in [0.2, 0.25) is 0 Å². The molecule has 4 heteroatoms. The van der Waals surface area contributed by atoms with E-state index in [4.69, 9.17) is 10.5 Å². The van der Waals surface area contributed by atoms with E-state index in [-0.39, 0.29) is 18.0 Å². The van der Waals surface area contributed by atoms with Gasteiger partial charge in [-0.25, -0.2) is 4.39 Å². The Morgan fingerprint density at radius 2 is 1.86 bits per heavy atom. The molecule has 2 aromatic rings. The Morgan fingerprint density at radius 1 is 1.19 bits per heavy atom. The first-order valence-electron chi connectivity index (χ1n) is 6.95. The fourth-order valence-corrected chi connectivity index (χ4v) is 2.42. The quantitative estimate of drug-likeness (QED) is 0.843. The molecule has 0 heterocycles. The highest BCUT2D eigenvalue weighted by molar-refractivity contribution is 9.10. The Morgan fingerprint density at radius 3 is 2.43 bits per heavy atom. The second kappa shape index (κ2) is 7.05. The maximum Gasteiger partial charge on any atom is 0.139 e. The smallest absolute Gasteiger partial charge is 0.139 e. The molecule has 0 bridgehead atoms. The van der Waals surface area contributed by atoms with Crippen LogP contribution in [0, 0.1) is 12.7 Å². The fraction of sp³-hybridized carbons (Fsp3) is 0.294. The zero-order chi connectivity index (χ0) is 15.4. The fourth-order valence-electron chi connectivity index (χ4n) is 2.15. The van der Waals surface area contributed by atoms with Crippen LogP contribution in [0.15, 0.2) is 46.9 Å². The molecule has 21 heavy (non-hydrogen) atoms. The Hall–Kier alpha value is -1.39. The van der Waals surface area contributed by atoms with Crippen LogP contribution in [0.1, 0.15) is 30.6 Å². The molecule has 0 amide bonds. The zero-order valence-corrected chi connectivity index (χ0v) is 13.7. The molecule has 2 nitrogen and oxygen atoms in total. The molecule has 2 atom stereocenters. The molecule has 2 rings (SSSR count). The van der Waals surface area contributed by atoms with Gasteiger partial charge >= 0.3 is 0 Å². The Bertz CT molecular complexity index is 600. The van der Waals surface area contributed by atoms with Crippen molar-refractivity contribution in [1.82, 2.24) is 0 Å². The van der Waals surface area contributed by atoms with Crippen molar-refractivity contribution in [3.63, 3.8) is 0 Å². The second-order valence-corrected chi connectivity index (χ2v) is 5.99. The SMILES string of the molecule is CCC(N)C(Oc1ccc(F)cc1C)c1ccc(Br)cc1. The average molecular weight is 352 g/mol. The predicted octanol–water partition coefficient (Wildman–Crippen LogP) is 4.75. The highest BCUT2D eigenvalue weighted by atomic mass is 79.9. The zero-order valence-electron chi connectivity index (χ0n) is 12.1. The largest absolute Gasteiger partial charge is 0.484 e. The molecule has 2 aromatic carbocycles. The van der Waals surface area contributed by atoms with Gasteiger partial charge in [0, 0.05) is 10.5 Å². The minimum absolute atomic E-state index is 0.129. The Labute approximate surface area is 133 Å². The maximum atomic E-state index is 13.2. The summed E-state index contributed by atoms with van der Waals surface area (Å²) in [5.41, 5.74) is 7.98. The van der Waals surface area contributed by atoms with Crippen molar-refractivity contribution in [3.8, 4) is 5.75 Å². The molecular weight excluding hydrogens is 333 g/mol. The van der Waals surface area contributed by atoms with E-state index in [1.54, 1.807) is 6.07 Å². The molecule has 0 saturated carbocycles. The number of hydrogen-bond donors (Lipinski definition) is 1. The van der Waals surface area contributed by atoms with Crippen LogP contribution in [0.25, 0.3) is 0 Å². The van der Waals surface area contributed by atoms with Crippen molar-refractivity contribution in [1.29, 1.82) is 0 Å². The van der Waals surface area contributed by atoms with Crippen molar-refractivity contribution >= 4 is 15.9 Å². The molecule has 0 spiro atoms. The Balaban J connectivity index is 2.30. The van der Waals surface area contributed by atoms with E-state index in [2.05, 4.69) is 15.9 Å². The van der Waals surface area contributed by atoms with Gasteiger partial charge in [-0.2, -0.15) is 0 Å². The van der Waals surface area contributed by atoms with Gasteiger partial charge < -0.3 is 10.5 Å². The van der Waals surface area contributed by atoms with Crippen LogP contribution < -0.4 is 10.5 Å². The highest BCUT2D eigenvalue weighted by Crippen LogP contribution is 2.29. The summed E-state index contributed by atoms with van der Waals surface area (Å²) >= 11 is 3.42. The third-order valence-corrected chi connectivity index (χ3v) is 3.98. The van der Waals surface area contributed by atoms with Gasteiger partial charge in [0.15, 0.2) is 0 Å². The van der Waals surface area contributed by atoms with Crippen molar-refractivity contribution in [3.05, 3.63) is 63.9 Å². The number of hydrogen-bond acceptors (Lipinski definition) is 2. The van der Waals surface area contributed by atoms with E-state index in [0.29, 0.717) is 5.75 Å². The summed E-state index contributed by atoms with van der Waals surface area (Å²) in [6, 6.07) is 12.3. The van der Waals surface area contributed by atoms with E-state index in [1.165, 1.54) is 12.1 Å². The lowest BCUT2D eigenvalue weighted by Crippen LogP contribution is -2.31. The van der Waals surface area contributed by atoms with Gasteiger partial charge in [0.25, 0.3) is 0 Å². The molecule has 0 aliphatic rings. The van der Waals surface area contributed by atoms with Gasteiger partial charge in [0.2, 0.25) is 0 Å². The highest BCUT2D eigenvalue weighted by Gasteiger charge is 2.21. The van der Waals surface area contributed by atoms with E-state index >= 15 is 0 Å². The lowest BCUT2D eigenvalue weighted by molar-refractivity contribution is 0.169. The third-order valence-electron chi connectivity index (χ3n) is 3.45. The molecule has 0 radical (unpaired) electrons. The number of halogens is 2. The normalized spacial score (nSPS) is 13.8. The molecule has 0 aromatic heterocycles. The summed E-state index contributed by atoms with van der Waals surface area (Å²) in [6.07, 6.45) is 0.535. The van der Waals surface area contributed by atoms with Crippen LogP contribution in [0.3, 0.4) is 0 Å². The first-order valence-corrected chi connectivity index (χ1v) is 7.74. The van der Waals surface area contributed by atoms with Crippen LogP contribution in [0.5, 0.6) is 5.75 Å².